The molecule has 2 amide bonds. The van der Waals surface area contributed by atoms with Crippen LogP contribution >= 0.6 is 0 Å². The van der Waals surface area contributed by atoms with Crippen molar-refractivity contribution in [2.24, 2.45) is 0 Å². The molecule has 1 fully saturated rings. The molecule has 1 N–H and O–H groups in total. The van der Waals surface area contributed by atoms with E-state index in [0.717, 1.165) is 28.1 Å². The van der Waals surface area contributed by atoms with Crippen molar-refractivity contribution in [1.29, 1.82) is 0 Å². The number of likely N-dealkylation sites (tertiary alicyclic amines) is 1. The Bertz CT molecular complexity index is 1130. The van der Waals surface area contributed by atoms with Crippen LogP contribution in [-0.4, -0.2) is 57.9 Å². The first-order chi connectivity index (χ1) is 15.9. The maximum absolute atomic E-state index is 12.9. The summed E-state index contributed by atoms with van der Waals surface area (Å²) in [4.78, 5) is 27.1. The first kappa shape index (κ1) is 22.5. The Morgan fingerprint density at radius 3 is 2.52 bits per heavy atom. The zero-order valence-electron chi connectivity index (χ0n) is 19.2. The van der Waals surface area contributed by atoms with E-state index in [2.05, 4.69) is 21.7 Å². The Labute approximate surface area is 193 Å². The third kappa shape index (κ3) is 5.58. The number of hydrogen-bond acceptors (Lipinski definition) is 5. The van der Waals surface area contributed by atoms with Crippen LogP contribution in [0, 0.1) is 13.8 Å². The van der Waals surface area contributed by atoms with Gasteiger partial charge >= 0.3 is 0 Å². The van der Waals surface area contributed by atoms with Crippen LogP contribution in [0.1, 0.15) is 40.0 Å². The second-order valence-electron chi connectivity index (χ2n) is 8.56. The van der Waals surface area contributed by atoms with Crippen LogP contribution in [0.25, 0.3) is 5.69 Å². The van der Waals surface area contributed by atoms with Gasteiger partial charge in [-0.05, 0) is 67.6 Å². The van der Waals surface area contributed by atoms with Crippen molar-refractivity contribution < 1.29 is 14.3 Å². The van der Waals surface area contributed by atoms with E-state index in [4.69, 9.17) is 4.74 Å². The number of benzene rings is 2. The molecular formula is C25H29N5O3. The highest BCUT2D eigenvalue weighted by Gasteiger charge is 2.26. The zero-order chi connectivity index (χ0) is 23.4. The summed E-state index contributed by atoms with van der Waals surface area (Å²) in [6.07, 6.45) is 3.40. The Morgan fingerprint density at radius 2 is 1.82 bits per heavy atom. The molecule has 0 aliphatic carbocycles. The van der Waals surface area contributed by atoms with Gasteiger partial charge in [-0.3, -0.25) is 9.59 Å². The molecule has 0 bridgehead atoms. The van der Waals surface area contributed by atoms with Gasteiger partial charge < -0.3 is 15.0 Å². The molecule has 0 unspecified atom stereocenters. The second-order valence-corrected chi connectivity index (χ2v) is 8.56. The van der Waals surface area contributed by atoms with Gasteiger partial charge in [0.25, 0.3) is 5.91 Å². The Hall–Kier alpha value is -3.68. The minimum absolute atomic E-state index is 0.0237. The van der Waals surface area contributed by atoms with Crippen molar-refractivity contribution in [3.63, 3.8) is 0 Å². The van der Waals surface area contributed by atoms with Crippen LogP contribution in [0.3, 0.4) is 0 Å². The maximum Gasteiger partial charge on any atom is 0.276 e. The average molecular weight is 448 g/mol. The van der Waals surface area contributed by atoms with Crippen molar-refractivity contribution >= 4 is 11.8 Å². The molecule has 4 rings (SSSR count). The molecule has 2 aromatic carbocycles. The molecule has 2 heterocycles. The number of rotatable bonds is 6. The van der Waals surface area contributed by atoms with Crippen LogP contribution in [0.4, 0.5) is 0 Å². The van der Waals surface area contributed by atoms with Gasteiger partial charge in [0.15, 0.2) is 5.69 Å². The van der Waals surface area contributed by atoms with Gasteiger partial charge in [-0.25, -0.2) is 4.68 Å². The SMILES string of the molecule is COc1cccc(CC(=O)NC2CCN(C(=O)c3cn(-c4cc(C)cc(C)c4)nn3)CC2)c1. The van der Waals surface area contributed by atoms with E-state index in [-0.39, 0.29) is 17.9 Å². The molecule has 1 aliphatic rings. The number of amides is 2. The molecule has 0 radical (unpaired) electrons. The largest absolute Gasteiger partial charge is 0.497 e. The minimum atomic E-state index is -0.133. The monoisotopic (exact) mass is 447 g/mol. The lowest BCUT2D eigenvalue weighted by Crippen LogP contribution is -2.47. The van der Waals surface area contributed by atoms with Crippen LogP contribution in [-0.2, 0) is 11.2 Å². The maximum atomic E-state index is 12.9. The molecule has 8 nitrogen and oxygen atoms in total. The Kier molecular flexibility index (Phi) is 6.72. The van der Waals surface area contributed by atoms with E-state index >= 15 is 0 Å². The lowest BCUT2D eigenvalue weighted by atomic mass is 10.0. The van der Waals surface area contributed by atoms with E-state index in [1.54, 1.807) is 22.9 Å². The zero-order valence-corrected chi connectivity index (χ0v) is 19.2. The van der Waals surface area contributed by atoms with Crippen molar-refractivity contribution in [3.8, 4) is 11.4 Å². The molecule has 1 aromatic heterocycles. The van der Waals surface area contributed by atoms with Crippen molar-refractivity contribution in [2.75, 3.05) is 20.2 Å². The number of hydrogen-bond donors (Lipinski definition) is 1. The molecule has 3 aromatic rings. The first-order valence-electron chi connectivity index (χ1n) is 11.1. The van der Waals surface area contributed by atoms with E-state index in [1.807, 2.05) is 50.2 Å². The fourth-order valence-corrected chi connectivity index (χ4v) is 4.21. The van der Waals surface area contributed by atoms with Gasteiger partial charge in [0.05, 0.1) is 25.4 Å². The predicted octanol–water partition coefficient (Wildman–Crippen LogP) is 2.86. The molecule has 1 aliphatic heterocycles. The number of carbonyl (C=O) groups excluding carboxylic acids is 2. The van der Waals surface area contributed by atoms with Crippen LogP contribution in [0.5, 0.6) is 5.75 Å². The van der Waals surface area contributed by atoms with Gasteiger partial charge in [0, 0.05) is 19.1 Å². The topological polar surface area (TPSA) is 89.4 Å². The van der Waals surface area contributed by atoms with Crippen molar-refractivity contribution in [1.82, 2.24) is 25.2 Å². The number of aryl methyl sites for hydroxylation is 2. The quantitative estimate of drug-likeness (QED) is 0.628. The smallest absolute Gasteiger partial charge is 0.276 e. The van der Waals surface area contributed by atoms with E-state index in [9.17, 15) is 9.59 Å². The summed E-state index contributed by atoms with van der Waals surface area (Å²) in [6, 6.07) is 13.7. The average Bonchev–Trinajstić information content (AvgIpc) is 3.29. The lowest BCUT2D eigenvalue weighted by Gasteiger charge is -2.32. The van der Waals surface area contributed by atoms with Gasteiger partial charge in [-0.15, -0.1) is 5.10 Å². The third-order valence-electron chi connectivity index (χ3n) is 5.83. The first-order valence-corrected chi connectivity index (χ1v) is 11.1. The number of nitrogens with zero attached hydrogens (tertiary/aromatic N) is 4. The lowest BCUT2D eigenvalue weighted by molar-refractivity contribution is -0.121. The normalized spacial score (nSPS) is 14.2. The van der Waals surface area contributed by atoms with Crippen molar-refractivity contribution in [3.05, 3.63) is 71.0 Å². The standard InChI is InChI=1S/C25H29N5O3/c1-17-11-18(2)13-21(12-17)30-16-23(27-28-30)25(32)29-9-7-20(8-10-29)26-24(31)15-19-5-4-6-22(14-19)33-3/h4-6,11-14,16,20H,7-10,15H2,1-3H3,(H,26,31). The van der Waals surface area contributed by atoms with Gasteiger partial charge in [-0.2, -0.15) is 0 Å². The molecule has 0 saturated carbocycles. The van der Waals surface area contributed by atoms with Gasteiger partial charge in [0.2, 0.25) is 5.91 Å². The van der Waals surface area contributed by atoms with Gasteiger partial charge in [-0.1, -0.05) is 23.4 Å². The summed E-state index contributed by atoms with van der Waals surface area (Å²) in [7, 11) is 1.61. The second kappa shape index (κ2) is 9.85. The number of methoxy groups -OCH3 is 1. The highest BCUT2D eigenvalue weighted by molar-refractivity contribution is 5.92. The molecular weight excluding hydrogens is 418 g/mol. The summed E-state index contributed by atoms with van der Waals surface area (Å²) >= 11 is 0. The number of piperidine rings is 1. The highest BCUT2D eigenvalue weighted by Crippen LogP contribution is 2.17. The van der Waals surface area contributed by atoms with E-state index in [1.165, 1.54) is 0 Å². The van der Waals surface area contributed by atoms with Gasteiger partial charge in [0.1, 0.15) is 5.75 Å². The van der Waals surface area contributed by atoms with Crippen LogP contribution in [0.2, 0.25) is 0 Å². The molecule has 33 heavy (non-hydrogen) atoms. The summed E-state index contributed by atoms with van der Waals surface area (Å²) in [5, 5.41) is 11.3. The van der Waals surface area contributed by atoms with E-state index < -0.39 is 0 Å². The van der Waals surface area contributed by atoms with Crippen molar-refractivity contribution in [2.45, 2.75) is 39.2 Å². The number of ether oxygens (including phenoxy) is 1. The molecule has 8 heteroatoms. The molecule has 172 valence electrons. The summed E-state index contributed by atoms with van der Waals surface area (Å²) in [5.41, 5.74) is 4.38. The van der Waals surface area contributed by atoms with Crippen LogP contribution < -0.4 is 10.1 Å². The molecule has 0 spiro atoms. The third-order valence-corrected chi connectivity index (χ3v) is 5.83. The summed E-state index contributed by atoms with van der Waals surface area (Å²) in [6.45, 7) is 5.19. The fraction of sp³-hybridized carbons (Fsp3) is 0.360. The minimum Gasteiger partial charge on any atom is -0.497 e. The fourth-order valence-electron chi connectivity index (χ4n) is 4.21. The van der Waals surface area contributed by atoms with Crippen LogP contribution in [0.15, 0.2) is 48.7 Å². The summed E-state index contributed by atoms with van der Waals surface area (Å²) < 4.78 is 6.85. The summed E-state index contributed by atoms with van der Waals surface area (Å²) in [5.74, 6) is 0.581. The molecule has 0 atom stereocenters. The number of aromatic nitrogens is 3. The predicted molar refractivity (Wildman–Crippen MR) is 125 cm³/mol. The number of carbonyl (C=O) groups is 2. The van der Waals surface area contributed by atoms with E-state index in [0.29, 0.717) is 38.0 Å². The Morgan fingerprint density at radius 1 is 1.09 bits per heavy atom. The molecule has 1 saturated heterocycles. The number of nitrogens with one attached hydrogen (secondary N) is 1. The highest BCUT2D eigenvalue weighted by atomic mass is 16.5. The Balaban J connectivity index is 1.30.